The molecule has 1 fully saturated rings. The summed E-state index contributed by atoms with van der Waals surface area (Å²) in [5, 5.41) is 4.91. The molecule has 7 nitrogen and oxygen atoms in total. The number of hydrazone groups is 1. The average molecular weight is 379 g/mol. The molecule has 28 heavy (non-hydrogen) atoms. The van der Waals surface area contributed by atoms with Crippen LogP contribution in [0.25, 0.3) is 11.0 Å². The van der Waals surface area contributed by atoms with Crippen LogP contribution in [0.2, 0.25) is 0 Å². The largest absolute Gasteiger partial charge is 0.496 e. The first-order valence-corrected chi connectivity index (χ1v) is 9.07. The average Bonchev–Trinajstić information content (AvgIpc) is 3.19. The van der Waals surface area contributed by atoms with Crippen molar-refractivity contribution in [1.82, 2.24) is 5.43 Å². The molecule has 1 aliphatic rings. The predicted octanol–water partition coefficient (Wildman–Crippen LogP) is 3.04. The van der Waals surface area contributed by atoms with Gasteiger partial charge in [0.05, 0.1) is 26.5 Å². The minimum atomic E-state index is -0.406. The van der Waals surface area contributed by atoms with Gasteiger partial charge in [-0.05, 0) is 24.3 Å². The standard InChI is InChI=1S/C21H21N3O4/c1-26-19-13-17(24-8-10-27-11-9-24)7-6-16(19)14-22-23-21(25)20-12-15-4-2-3-5-18(15)28-20/h2-7,12-14H,8-11H2,1H3,(H,23,25)/b22-14+. The molecule has 1 aromatic heterocycles. The maximum atomic E-state index is 12.3. The zero-order chi connectivity index (χ0) is 19.3. The Balaban J connectivity index is 1.45. The lowest BCUT2D eigenvalue weighted by molar-refractivity contribution is 0.0929. The minimum Gasteiger partial charge on any atom is -0.496 e. The molecule has 4 rings (SSSR count). The Labute approximate surface area is 162 Å². The van der Waals surface area contributed by atoms with E-state index in [0.29, 0.717) is 11.3 Å². The summed E-state index contributed by atoms with van der Waals surface area (Å²) in [6, 6.07) is 15.0. The molecule has 1 N–H and O–H groups in total. The zero-order valence-electron chi connectivity index (χ0n) is 15.6. The van der Waals surface area contributed by atoms with Gasteiger partial charge in [-0.25, -0.2) is 5.43 Å². The van der Waals surface area contributed by atoms with Gasteiger partial charge >= 0.3 is 5.91 Å². The second-order valence-electron chi connectivity index (χ2n) is 6.37. The number of rotatable bonds is 5. The van der Waals surface area contributed by atoms with E-state index in [0.717, 1.165) is 42.9 Å². The lowest BCUT2D eigenvalue weighted by Gasteiger charge is -2.29. The van der Waals surface area contributed by atoms with Crippen LogP contribution >= 0.6 is 0 Å². The van der Waals surface area contributed by atoms with Crippen LogP contribution in [0.3, 0.4) is 0 Å². The smallest absolute Gasteiger partial charge is 0.307 e. The van der Waals surface area contributed by atoms with E-state index < -0.39 is 5.91 Å². The fourth-order valence-corrected chi connectivity index (χ4v) is 3.13. The molecular formula is C21H21N3O4. The topological polar surface area (TPSA) is 76.3 Å². The van der Waals surface area contributed by atoms with Gasteiger partial charge in [0.25, 0.3) is 0 Å². The summed E-state index contributed by atoms with van der Waals surface area (Å²) < 4.78 is 16.4. The third kappa shape index (κ3) is 3.84. The molecule has 0 atom stereocenters. The quantitative estimate of drug-likeness (QED) is 0.545. The maximum absolute atomic E-state index is 12.3. The Morgan fingerprint density at radius 3 is 2.79 bits per heavy atom. The normalized spacial score (nSPS) is 14.5. The van der Waals surface area contributed by atoms with E-state index >= 15 is 0 Å². The molecule has 7 heteroatoms. The highest BCUT2D eigenvalue weighted by atomic mass is 16.5. The second kappa shape index (κ2) is 8.14. The number of morpholine rings is 1. The van der Waals surface area contributed by atoms with Crippen LogP contribution < -0.4 is 15.1 Å². The van der Waals surface area contributed by atoms with Crippen LogP contribution in [0, 0.1) is 0 Å². The van der Waals surface area contributed by atoms with Gasteiger partial charge < -0.3 is 18.8 Å². The van der Waals surface area contributed by atoms with Gasteiger partial charge in [0, 0.05) is 35.8 Å². The SMILES string of the molecule is COc1cc(N2CCOCC2)ccc1/C=N/NC(=O)c1cc2ccccc2o1. The second-order valence-corrected chi connectivity index (χ2v) is 6.37. The van der Waals surface area contributed by atoms with Crippen molar-refractivity contribution >= 4 is 28.8 Å². The Kier molecular flexibility index (Phi) is 5.25. The van der Waals surface area contributed by atoms with E-state index in [2.05, 4.69) is 15.4 Å². The number of nitrogens with one attached hydrogen (secondary N) is 1. The molecule has 144 valence electrons. The summed E-state index contributed by atoms with van der Waals surface area (Å²) in [6.45, 7) is 3.15. The number of anilines is 1. The van der Waals surface area contributed by atoms with Crippen LogP contribution in [0.4, 0.5) is 5.69 Å². The van der Waals surface area contributed by atoms with E-state index in [1.165, 1.54) is 0 Å². The molecule has 2 aromatic carbocycles. The monoisotopic (exact) mass is 379 g/mol. The number of benzene rings is 2. The van der Waals surface area contributed by atoms with Gasteiger partial charge in [-0.3, -0.25) is 4.79 Å². The first-order chi connectivity index (χ1) is 13.7. The van der Waals surface area contributed by atoms with Gasteiger partial charge in [0.1, 0.15) is 11.3 Å². The summed E-state index contributed by atoms with van der Waals surface area (Å²) in [5.74, 6) is 0.495. The van der Waals surface area contributed by atoms with Crippen LogP contribution in [0.15, 0.2) is 58.0 Å². The summed E-state index contributed by atoms with van der Waals surface area (Å²) >= 11 is 0. The Morgan fingerprint density at radius 1 is 1.18 bits per heavy atom. The van der Waals surface area contributed by atoms with Crippen LogP contribution in [0.1, 0.15) is 16.1 Å². The van der Waals surface area contributed by atoms with Gasteiger partial charge in [-0.15, -0.1) is 0 Å². The minimum absolute atomic E-state index is 0.216. The molecule has 0 bridgehead atoms. The van der Waals surface area contributed by atoms with Crippen molar-refractivity contribution in [2.24, 2.45) is 5.10 Å². The predicted molar refractivity (Wildman–Crippen MR) is 107 cm³/mol. The van der Waals surface area contributed by atoms with Gasteiger partial charge in [0.2, 0.25) is 0 Å². The first-order valence-electron chi connectivity index (χ1n) is 9.07. The van der Waals surface area contributed by atoms with Gasteiger partial charge in [-0.1, -0.05) is 18.2 Å². The number of para-hydroxylation sites is 1. The Morgan fingerprint density at radius 2 is 2.00 bits per heavy atom. The van der Waals surface area contributed by atoms with E-state index in [1.54, 1.807) is 19.4 Å². The number of amides is 1. The number of carbonyl (C=O) groups is 1. The number of ether oxygens (including phenoxy) is 2. The van der Waals surface area contributed by atoms with Crippen LogP contribution in [-0.2, 0) is 4.74 Å². The van der Waals surface area contributed by atoms with Gasteiger partial charge in [-0.2, -0.15) is 5.10 Å². The number of methoxy groups -OCH3 is 1. The van der Waals surface area contributed by atoms with E-state index in [-0.39, 0.29) is 5.76 Å². The highest BCUT2D eigenvalue weighted by Gasteiger charge is 2.14. The number of furan rings is 1. The number of carbonyl (C=O) groups excluding carboxylic acids is 1. The van der Waals surface area contributed by atoms with E-state index in [1.807, 2.05) is 42.5 Å². The van der Waals surface area contributed by atoms with Crippen molar-refractivity contribution < 1.29 is 18.7 Å². The van der Waals surface area contributed by atoms with Crippen molar-refractivity contribution in [2.75, 3.05) is 38.3 Å². The number of hydrogen-bond donors (Lipinski definition) is 1. The van der Waals surface area contributed by atoms with Crippen LogP contribution in [0.5, 0.6) is 5.75 Å². The Hall–Kier alpha value is -3.32. The van der Waals surface area contributed by atoms with Gasteiger partial charge in [0.15, 0.2) is 5.76 Å². The van der Waals surface area contributed by atoms with E-state index in [9.17, 15) is 4.79 Å². The molecule has 1 amide bonds. The maximum Gasteiger partial charge on any atom is 0.307 e. The molecule has 0 unspecified atom stereocenters. The first kappa shape index (κ1) is 18.1. The lowest BCUT2D eigenvalue weighted by Crippen LogP contribution is -2.36. The van der Waals surface area contributed by atoms with Crippen molar-refractivity contribution in [1.29, 1.82) is 0 Å². The van der Waals surface area contributed by atoms with Crippen molar-refractivity contribution in [2.45, 2.75) is 0 Å². The zero-order valence-corrected chi connectivity index (χ0v) is 15.6. The van der Waals surface area contributed by atoms with Crippen LogP contribution in [-0.4, -0.2) is 45.5 Å². The number of fused-ring (bicyclic) bond motifs is 1. The van der Waals surface area contributed by atoms with E-state index in [4.69, 9.17) is 13.9 Å². The summed E-state index contributed by atoms with van der Waals surface area (Å²) in [6.07, 6.45) is 1.56. The van der Waals surface area contributed by atoms with Crippen molar-refractivity contribution in [3.05, 3.63) is 59.9 Å². The fraction of sp³-hybridized carbons (Fsp3) is 0.238. The molecule has 1 saturated heterocycles. The third-order valence-electron chi connectivity index (χ3n) is 4.61. The molecule has 1 aliphatic heterocycles. The molecule has 2 heterocycles. The highest BCUT2D eigenvalue weighted by Crippen LogP contribution is 2.25. The lowest BCUT2D eigenvalue weighted by atomic mass is 10.1. The summed E-state index contributed by atoms with van der Waals surface area (Å²) in [5.41, 5.74) is 5.00. The number of hydrogen-bond acceptors (Lipinski definition) is 6. The summed E-state index contributed by atoms with van der Waals surface area (Å²) in [4.78, 5) is 14.5. The molecule has 0 radical (unpaired) electrons. The molecule has 0 spiro atoms. The van der Waals surface area contributed by atoms with Crippen molar-refractivity contribution in [3.8, 4) is 5.75 Å². The third-order valence-corrected chi connectivity index (χ3v) is 4.61. The Bertz CT molecular complexity index is 973. The molecule has 0 saturated carbocycles. The molecule has 3 aromatic rings. The summed E-state index contributed by atoms with van der Waals surface area (Å²) in [7, 11) is 1.61. The van der Waals surface area contributed by atoms with Crippen molar-refractivity contribution in [3.63, 3.8) is 0 Å². The number of nitrogens with zero attached hydrogens (tertiary/aromatic N) is 2. The fourth-order valence-electron chi connectivity index (χ4n) is 3.13. The molecule has 0 aliphatic carbocycles. The highest BCUT2D eigenvalue weighted by molar-refractivity contribution is 5.96. The molecular weight excluding hydrogens is 358 g/mol.